The number of anilines is 6. The maximum absolute atomic E-state index is 6.99. The van der Waals surface area contributed by atoms with Crippen molar-refractivity contribution in [3.63, 3.8) is 0 Å². The molecule has 0 amide bonds. The lowest BCUT2D eigenvalue weighted by atomic mass is 9.29. The van der Waals surface area contributed by atoms with Gasteiger partial charge in [0, 0.05) is 28.8 Å². The lowest BCUT2D eigenvalue weighted by Gasteiger charge is -2.50. The van der Waals surface area contributed by atoms with Gasteiger partial charge in [-0.1, -0.05) is 127 Å². The van der Waals surface area contributed by atoms with Crippen LogP contribution >= 0.6 is 0 Å². The number of fused-ring (bicyclic) bond motifs is 6. The molecule has 0 aliphatic carbocycles. The molecule has 248 valence electrons. The molecule has 4 nitrogen and oxygen atoms in total. The van der Waals surface area contributed by atoms with Crippen molar-refractivity contribution in [1.29, 1.82) is 0 Å². The predicted molar refractivity (Wildman–Crippen MR) is 223 cm³/mol. The molecular weight excluding hydrogens is 658 g/mol. The van der Waals surface area contributed by atoms with Crippen molar-refractivity contribution in [1.82, 2.24) is 0 Å². The molecule has 5 aliphatic rings. The summed E-state index contributed by atoms with van der Waals surface area (Å²) < 4.78 is 13.8. The number of hydrogen-bond acceptors (Lipinski definition) is 4. The molecule has 0 aromatic heterocycles. The van der Waals surface area contributed by atoms with Gasteiger partial charge < -0.3 is 19.3 Å². The van der Waals surface area contributed by atoms with Gasteiger partial charge in [-0.05, 0) is 91.4 Å². The molecule has 54 heavy (non-hydrogen) atoms. The van der Waals surface area contributed by atoms with Gasteiger partial charge in [0.1, 0.15) is 11.5 Å². The maximum Gasteiger partial charge on any atom is 0.256 e. The minimum Gasteiger partial charge on any atom is -0.458 e. The smallest absolute Gasteiger partial charge is 0.256 e. The van der Waals surface area contributed by atoms with Crippen LogP contribution in [0.1, 0.15) is 0 Å². The van der Waals surface area contributed by atoms with E-state index in [1.54, 1.807) is 0 Å². The minimum absolute atomic E-state index is 0.00293. The highest BCUT2D eigenvalue weighted by atomic mass is 16.5. The molecule has 8 aromatic rings. The second-order valence-corrected chi connectivity index (χ2v) is 14.8. The Hall–Kier alpha value is -6.91. The quantitative estimate of drug-likeness (QED) is 0.175. The zero-order chi connectivity index (χ0) is 35.1. The molecule has 0 atom stereocenters. The first kappa shape index (κ1) is 28.6. The van der Waals surface area contributed by atoms with Crippen LogP contribution in [0.2, 0.25) is 0 Å². The van der Waals surface area contributed by atoms with E-state index in [4.69, 9.17) is 9.47 Å². The van der Waals surface area contributed by atoms with Gasteiger partial charge in [0.15, 0.2) is 11.5 Å². The van der Waals surface area contributed by atoms with Gasteiger partial charge in [0.2, 0.25) is 0 Å². The van der Waals surface area contributed by atoms with E-state index in [0.29, 0.717) is 0 Å². The van der Waals surface area contributed by atoms with Gasteiger partial charge in [-0.2, -0.15) is 0 Å². The fourth-order valence-electron chi connectivity index (χ4n) is 9.91. The van der Waals surface area contributed by atoms with E-state index in [9.17, 15) is 0 Å². The highest BCUT2D eigenvalue weighted by Gasteiger charge is 2.53. The van der Waals surface area contributed by atoms with Crippen molar-refractivity contribution in [2.75, 3.05) is 9.80 Å². The highest BCUT2D eigenvalue weighted by Crippen LogP contribution is 2.55. The van der Waals surface area contributed by atoms with Crippen molar-refractivity contribution in [2.24, 2.45) is 0 Å². The van der Waals surface area contributed by atoms with Gasteiger partial charge >= 0.3 is 0 Å². The van der Waals surface area contributed by atoms with Gasteiger partial charge in [0.05, 0.1) is 11.4 Å². The fourth-order valence-corrected chi connectivity index (χ4v) is 9.91. The normalized spacial score (nSPS) is 14.1. The third kappa shape index (κ3) is 3.64. The SMILES string of the molecule is c1ccc(-c2ccc(N3c4ccc(-c5ccccc5)cc4B4c5cccc6c5N5c7c(cccc7B7c8ccccc8Oc8cc3c4c5c87)O6)cc2)cc1. The Kier molecular flexibility index (Phi) is 5.50. The van der Waals surface area contributed by atoms with Crippen LogP contribution in [0.4, 0.5) is 34.1 Å². The average molecular weight is 686 g/mol. The summed E-state index contributed by atoms with van der Waals surface area (Å²) in [4.78, 5) is 4.99. The monoisotopic (exact) mass is 686 g/mol. The predicted octanol–water partition coefficient (Wildman–Crippen LogP) is 8.14. The minimum atomic E-state index is -0.0294. The van der Waals surface area contributed by atoms with Crippen molar-refractivity contribution in [3.05, 3.63) is 170 Å². The summed E-state index contributed by atoms with van der Waals surface area (Å²) in [6.45, 7) is -0.0265. The summed E-state index contributed by atoms with van der Waals surface area (Å²) in [7, 11) is 0. The first-order chi connectivity index (χ1) is 26.8. The molecule has 0 N–H and O–H groups in total. The van der Waals surface area contributed by atoms with Crippen LogP contribution in [0.5, 0.6) is 23.0 Å². The molecule has 0 saturated carbocycles. The van der Waals surface area contributed by atoms with Crippen LogP contribution < -0.4 is 52.1 Å². The van der Waals surface area contributed by atoms with Crippen LogP contribution in [0, 0.1) is 0 Å². The van der Waals surface area contributed by atoms with Gasteiger partial charge in [-0.3, -0.25) is 0 Å². The van der Waals surface area contributed by atoms with E-state index in [1.165, 1.54) is 66.4 Å². The summed E-state index contributed by atoms with van der Waals surface area (Å²) in [5.74, 6) is 3.59. The molecule has 0 saturated heterocycles. The van der Waals surface area contributed by atoms with E-state index in [0.717, 1.165) is 45.7 Å². The van der Waals surface area contributed by atoms with Crippen molar-refractivity contribution in [3.8, 4) is 45.3 Å². The summed E-state index contributed by atoms with van der Waals surface area (Å²) in [6.07, 6.45) is 0. The Morgan fingerprint density at radius 1 is 0.333 bits per heavy atom. The van der Waals surface area contributed by atoms with Crippen molar-refractivity contribution < 1.29 is 9.47 Å². The topological polar surface area (TPSA) is 24.9 Å². The molecule has 0 unspecified atom stereocenters. The Morgan fingerprint density at radius 3 is 1.61 bits per heavy atom. The largest absolute Gasteiger partial charge is 0.458 e. The second-order valence-electron chi connectivity index (χ2n) is 14.8. The lowest BCUT2D eigenvalue weighted by Crippen LogP contribution is -2.68. The summed E-state index contributed by atoms with van der Waals surface area (Å²) >= 11 is 0. The zero-order valence-corrected chi connectivity index (χ0v) is 29.0. The molecule has 5 aliphatic heterocycles. The summed E-state index contributed by atoms with van der Waals surface area (Å²) in [5.41, 5.74) is 19.2. The van der Waals surface area contributed by atoms with Crippen LogP contribution in [0.3, 0.4) is 0 Å². The molecule has 8 aromatic carbocycles. The number of benzene rings is 8. The number of nitrogens with zero attached hydrogens (tertiary/aromatic N) is 2. The molecule has 5 heterocycles. The van der Waals surface area contributed by atoms with Crippen LogP contribution in [0.15, 0.2) is 170 Å². The molecule has 13 rings (SSSR count). The Balaban J connectivity index is 1.15. The Labute approximate surface area is 313 Å². The van der Waals surface area contributed by atoms with Crippen molar-refractivity contribution >= 4 is 80.3 Å². The van der Waals surface area contributed by atoms with Crippen LogP contribution in [0.25, 0.3) is 22.3 Å². The molecule has 6 heteroatoms. The Bertz CT molecular complexity index is 2910. The Morgan fingerprint density at radius 2 is 0.889 bits per heavy atom. The second kappa shape index (κ2) is 10.4. The van der Waals surface area contributed by atoms with E-state index < -0.39 is 0 Å². The van der Waals surface area contributed by atoms with Gasteiger partial charge in [-0.15, -0.1) is 0 Å². The lowest BCUT2D eigenvalue weighted by molar-refractivity contribution is 0.476. The van der Waals surface area contributed by atoms with Crippen LogP contribution in [-0.2, 0) is 0 Å². The van der Waals surface area contributed by atoms with Gasteiger partial charge in [0.25, 0.3) is 13.4 Å². The number of para-hydroxylation sites is 3. The van der Waals surface area contributed by atoms with E-state index in [-0.39, 0.29) is 13.4 Å². The van der Waals surface area contributed by atoms with Crippen molar-refractivity contribution in [2.45, 2.75) is 0 Å². The van der Waals surface area contributed by atoms with Gasteiger partial charge in [-0.25, -0.2) is 0 Å². The van der Waals surface area contributed by atoms with E-state index in [2.05, 4.69) is 180 Å². The first-order valence-corrected chi connectivity index (χ1v) is 18.7. The average Bonchev–Trinajstić information content (AvgIpc) is 3.24. The highest BCUT2D eigenvalue weighted by molar-refractivity contribution is 7.04. The first-order valence-electron chi connectivity index (χ1n) is 18.7. The molecule has 0 bridgehead atoms. The summed E-state index contributed by atoms with van der Waals surface area (Å²) in [5, 5.41) is 0. The third-order valence-corrected chi connectivity index (χ3v) is 12.1. The molecule has 0 radical (unpaired) electrons. The third-order valence-electron chi connectivity index (χ3n) is 12.1. The fraction of sp³-hybridized carbons (Fsp3) is 0. The number of ether oxygens (including phenoxy) is 2. The molecular formula is C48H28B2N2O2. The molecule has 0 spiro atoms. The number of rotatable bonds is 3. The molecule has 0 fully saturated rings. The van der Waals surface area contributed by atoms with E-state index >= 15 is 0 Å². The van der Waals surface area contributed by atoms with Crippen LogP contribution in [-0.4, -0.2) is 13.4 Å². The van der Waals surface area contributed by atoms with E-state index in [1.807, 2.05) is 0 Å². The zero-order valence-electron chi connectivity index (χ0n) is 29.0. The maximum atomic E-state index is 6.99. The number of hydrogen-bond donors (Lipinski definition) is 0. The summed E-state index contributed by atoms with van der Waals surface area (Å²) in [6, 6.07) is 61.4. The standard InChI is InChI=1S/C48H28B2N2O2/c1-3-11-29(12-4-1)31-21-24-33(25-22-31)51-38-26-23-32(30-13-5-2-6-14-30)27-37(38)50-36-17-10-20-42-47(36)52-46-35(16-9-19-41(46)54-42)49-34-15-7-8-18-40(34)53-43-28-39(51)44(50)48(52)45(43)49/h1-28H.